The van der Waals surface area contributed by atoms with Gasteiger partial charge in [0, 0.05) is 27.8 Å². The van der Waals surface area contributed by atoms with Crippen molar-refractivity contribution < 1.29 is 4.42 Å². The second-order valence-corrected chi connectivity index (χ2v) is 19.2. The number of anilines is 3. The summed E-state index contributed by atoms with van der Waals surface area (Å²) in [6.45, 7) is 0. The van der Waals surface area contributed by atoms with Gasteiger partial charge in [0.05, 0.1) is 5.41 Å². The average Bonchev–Trinajstić information content (AvgIpc) is 4.01. The van der Waals surface area contributed by atoms with E-state index in [0.717, 1.165) is 50.1 Å². The fourth-order valence-corrected chi connectivity index (χ4v) is 11.8. The monoisotopic (exact) mass is 929 g/mol. The molecule has 13 aromatic rings. The topological polar surface area (TPSA) is 16.4 Å². The van der Waals surface area contributed by atoms with Crippen molar-refractivity contribution in [2.24, 2.45) is 0 Å². The third-order valence-electron chi connectivity index (χ3n) is 15.2. The lowest BCUT2D eigenvalue weighted by Crippen LogP contribution is -2.28. The van der Waals surface area contributed by atoms with E-state index in [9.17, 15) is 0 Å². The molecule has 73 heavy (non-hydrogen) atoms. The molecule has 342 valence electrons. The Hall–Kier alpha value is -9.50. The van der Waals surface area contributed by atoms with Crippen molar-refractivity contribution >= 4 is 49.8 Å². The molecule has 0 saturated heterocycles. The van der Waals surface area contributed by atoms with Gasteiger partial charge in [-0.05, 0) is 149 Å². The van der Waals surface area contributed by atoms with Gasteiger partial charge in [0.25, 0.3) is 0 Å². The van der Waals surface area contributed by atoms with E-state index in [4.69, 9.17) is 4.42 Å². The molecule has 2 nitrogen and oxygen atoms in total. The van der Waals surface area contributed by atoms with Crippen LogP contribution in [0.25, 0.3) is 88.3 Å². The van der Waals surface area contributed by atoms with Crippen LogP contribution in [-0.4, -0.2) is 0 Å². The van der Waals surface area contributed by atoms with Crippen LogP contribution in [0.2, 0.25) is 0 Å². The van der Waals surface area contributed by atoms with Crippen molar-refractivity contribution in [3.05, 3.63) is 307 Å². The van der Waals surface area contributed by atoms with Gasteiger partial charge in [0.15, 0.2) is 0 Å². The first-order chi connectivity index (χ1) is 36.2. The molecule has 12 aromatic carbocycles. The number of hydrogen-bond donors (Lipinski definition) is 0. The van der Waals surface area contributed by atoms with Crippen LogP contribution >= 0.6 is 0 Å². The highest BCUT2D eigenvalue weighted by Crippen LogP contribution is 2.58. The average molecular weight is 930 g/mol. The largest absolute Gasteiger partial charge is 0.456 e. The van der Waals surface area contributed by atoms with Crippen LogP contribution < -0.4 is 4.90 Å². The lowest BCUT2D eigenvalue weighted by Gasteiger charge is -2.34. The van der Waals surface area contributed by atoms with Gasteiger partial charge in [-0.15, -0.1) is 0 Å². The van der Waals surface area contributed by atoms with Gasteiger partial charge in [-0.2, -0.15) is 0 Å². The summed E-state index contributed by atoms with van der Waals surface area (Å²) in [4.78, 5) is 2.37. The second kappa shape index (κ2) is 17.4. The molecule has 1 aromatic heterocycles. The highest BCUT2D eigenvalue weighted by Gasteiger charge is 2.46. The number of hydrogen-bond acceptors (Lipinski definition) is 2. The van der Waals surface area contributed by atoms with Crippen LogP contribution in [0.15, 0.2) is 290 Å². The maximum absolute atomic E-state index is 6.30. The Kier molecular flexibility index (Phi) is 10.1. The number of para-hydroxylation sites is 1. The Morgan fingerprint density at radius 3 is 1.36 bits per heavy atom. The zero-order valence-electron chi connectivity index (χ0n) is 40.0. The molecule has 0 aliphatic heterocycles. The van der Waals surface area contributed by atoms with E-state index in [1.807, 2.05) is 12.1 Å². The summed E-state index contributed by atoms with van der Waals surface area (Å²) in [5.74, 6) is 0. The van der Waals surface area contributed by atoms with E-state index in [1.54, 1.807) is 0 Å². The van der Waals surface area contributed by atoms with E-state index in [-0.39, 0.29) is 0 Å². The van der Waals surface area contributed by atoms with Gasteiger partial charge < -0.3 is 9.32 Å². The van der Waals surface area contributed by atoms with Gasteiger partial charge >= 0.3 is 0 Å². The molecule has 1 aliphatic carbocycles. The Bertz CT molecular complexity index is 4120. The summed E-state index contributed by atoms with van der Waals surface area (Å²) >= 11 is 0. The van der Waals surface area contributed by atoms with E-state index < -0.39 is 5.41 Å². The fraction of sp³-hybridized carbons (Fsp3) is 0.0141. The maximum atomic E-state index is 6.30. The van der Waals surface area contributed by atoms with Crippen LogP contribution in [0.5, 0.6) is 0 Å². The molecule has 0 amide bonds. The van der Waals surface area contributed by atoms with E-state index >= 15 is 0 Å². The minimum atomic E-state index is -0.464. The van der Waals surface area contributed by atoms with Gasteiger partial charge in [-0.1, -0.05) is 224 Å². The molecule has 0 saturated carbocycles. The van der Waals surface area contributed by atoms with Crippen molar-refractivity contribution in [2.45, 2.75) is 5.41 Å². The standard InChI is InChI=1S/C71H47NO/c1-4-16-48(17-5-1)52-30-32-55-47-53(31-33-54(55)46-52)49-34-40-58(41-35-49)72(60-44-38-51(39-45-60)62-25-15-29-68-70(62)64-23-11-13-28-67(64)73-68)59-42-36-50(37-43-59)61-24-14-27-66-69(61)63-22-10-12-26-65(63)71(66,56-18-6-2-7-19-56)57-20-8-3-9-21-57/h1-47H. The molecule has 0 fully saturated rings. The Morgan fingerprint density at radius 2 is 0.726 bits per heavy atom. The smallest absolute Gasteiger partial charge is 0.136 e. The predicted octanol–water partition coefficient (Wildman–Crippen LogP) is 19.2. The minimum absolute atomic E-state index is 0.464. The van der Waals surface area contributed by atoms with Gasteiger partial charge in [-0.3, -0.25) is 0 Å². The molecule has 0 radical (unpaired) electrons. The number of furan rings is 1. The zero-order chi connectivity index (χ0) is 48.3. The van der Waals surface area contributed by atoms with E-state index in [2.05, 4.69) is 278 Å². The van der Waals surface area contributed by atoms with Crippen LogP contribution in [0.3, 0.4) is 0 Å². The summed E-state index contributed by atoms with van der Waals surface area (Å²) in [6.07, 6.45) is 0. The minimum Gasteiger partial charge on any atom is -0.456 e. The molecule has 1 heterocycles. The quantitative estimate of drug-likeness (QED) is 0.143. The molecular weight excluding hydrogens is 883 g/mol. The molecular formula is C71H47NO. The van der Waals surface area contributed by atoms with Crippen molar-refractivity contribution in [3.8, 4) is 55.6 Å². The maximum Gasteiger partial charge on any atom is 0.136 e. The number of fused-ring (bicyclic) bond motifs is 7. The molecule has 0 unspecified atom stereocenters. The predicted molar refractivity (Wildman–Crippen MR) is 305 cm³/mol. The molecule has 0 bridgehead atoms. The van der Waals surface area contributed by atoms with Crippen LogP contribution in [0.4, 0.5) is 17.1 Å². The third kappa shape index (κ3) is 7.02. The van der Waals surface area contributed by atoms with Crippen molar-refractivity contribution in [1.29, 1.82) is 0 Å². The number of benzene rings is 12. The third-order valence-corrected chi connectivity index (χ3v) is 15.2. The molecule has 14 rings (SSSR count). The van der Waals surface area contributed by atoms with Gasteiger partial charge in [-0.25, -0.2) is 0 Å². The van der Waals surface area contributed by atoms with Gasteiger partial charge in [0.1, 0.15) is 11.2 Å². The Labute approximate surface area is 425 Å². The SMILES string of the molecule is c1ccc(-c2ccc3cc(-c4ccc(N(c5ccc(-c6cccc7c6-c6ccccc6C7(c6ccccc6)c6ccccc6)cc5)c5ccc(-c6cccc7oc8ccccc8c67)cc5)cc4)ccc3c2)cc1. The second-order valence-electron chi connectivity index (χ2n) is 19.2. The van der Waals surface area contributed by atoms with Crippen molar-refractivity contribution in [1.82, 2.24) is 0 Å². The van der Waals surface area contributed by atoms with Crippen molar-refractivity contribution in [3.63, 3.8) is 0 Å². The van der Waals surface area contributed by atoms with Gasteiger partial charge in [0.2, 0.25) is 0 Å². The van der Waals surface area contributed by atoms with E-state index in [0.29, 0.717) is 0 Å². The summed E-state index contributed by atoms with van der Waals surface area (Å²) < 4.78 is 6.30. The normalized spacial score (nSPS) is 12.5. The summed E-state index contributed by atoms with van der Waals surface area (Å²) in [5, 5.41) is 4.72. The fourth-order valence-electron chi connectivity index (χ4n) is 11.8. The first-order valence-corrected chi connectivity index (χ1v) is 25.1. The van der Waals surface area contributed by atoms with Crippen molar-refractivity contribution in [2.75, 3.05) is 4.90 Å². The van der Waals surface area contributed by atoms with Crippen LogP contribution in [0.1, 0.15) is 22.3 Å². The highest BCUT2D eigenvalue weighted by molar-refractivity contribution is 6.12. The van der Waals surface area contributed by atoms with E-state index in [1.165, 1.54) is 77.5 Å². The summed E-state index contributed by atoms with van der Waals surface area (Å²) in [7, 11) is 0. The molecule has 0 N–H and O–H groups in total. The Balaban J connectivity index is 0.865. The first-order valence-electron chi connectivity index (χ1n) is 25.1. The zero-order valence-corrected chi connectivity index (χ0v) is 40.0. The lowest BCUT2D eigenvalue weighted by atomic mass is 9.67. The number of nitrogens with zero attached hydrogens (tertiary/aromatic N) is 1. The lowest BCUT2D eigenvalue weighted by molar-refractivity contribution is 0.669. The number of rotatable bonds is 9. The molecule has 0 spiro atoms. The summed E-state index contributed by atoms with van der Waals surface area (Å²) in [5.41, 5.74) is 21.7. The molecule has 2 heteroatoms. The first kappa shape index (κ1) is 42.4. The van der Waals surface area contributed by atoms with Crippen LogP contribution in [-0.2, 0) is 5.41 Å². The summed E-state index contributed by atoms with van der Waals surface area (Å²) in [6, 6.07) is 104. The van der Waals surface area contributed by atoms with Crippen LogP contribution in [0, 0.1) is 0 Å². The molecule has 1 aliphatic rings. The highest BCUT2D eigenvalue weighted by atomic mass is 16.3. The Morgan fingerprint density at radius 1 is 0.288 bits per heavy atom. The molecule has 0 atom stereocenters.